The summed E-state index contributed by atoms with van der Waals surface area (Å²) in [5.41, 5.74) is 12.6. The van der Waals surface area contributed by atoms with Crippen molar-refractivity contribution in [3.05, 3.63) is 200 Å². The van der Waals surface area contributed by atoms with Gasteiger partial charge in [0.15, 0.2) is 5.58 Å². The van der Waals surface area contributed by atoms with Crippen LogP contribution in [0.2, 0.25) is 0 Å². The van der Waals surface area contributed by atoms with Gasteiger partial charge in [-0.1, -0.05) is 91.0 Å². The highest BCUT2D eigenvalue weighted by molar-refractivity contribution is 6.09. The molecule has 7 heteroatoms. The third-order valence-electron chi connectivity index (χ3n) is 11.8. The number of nitrogens with zero attached hydrogens (tertiary/aromatic N) is 3. The Labute approximate surface area is 353 Å². The molecule has 0 atom stereocenters. The minimum absolute atomic E-state index is 0.485. The van der Waals surface area contributed by atoms with Crippen LogP contribution in [0.5, 0.6) is 0 Å². The molecule has 13 rings (SSSR count). The Kier molecular flexibility index (Phi) is 7.47. The van der Waals surface area contributed by atoms with Crippen LogP contribution in [0.1, 0.15) is 0 Å². The van der Waals surface area contributed by atoms with Gasteiger partial charge < -0.3 is 27.5 Å². The molecule has 0 radical (unpaired) electrons. The van der Waals surface area contributed by atoms with E-state index in [9.17, 15) is 0 Å². The van der Waals surface area contributed by atoms with Gasteiger partial charge in [0, 0.05) is 61.0 Å². The summed E-state index contributed by atoms with van der Waals surface area (Å²) >= 11 is 0. The van der Waals surface area contributed by atoms with Gasteiger partial charge in [-0.2, -0.15) is 0 Å². The summed E-state index contributed by atoms with van der Waals surface area (Å²) in [7, 11) is 0. The third-order valence-corrected chi connectivity index (χ3v) is 11.8. The molecule has 0 aliphatic carbocycles. The fourth-order valence-corrected chi connectivity index (χ4v) is 9.01. The molecule has 0 unspecified atom stereocenters. The first-order valence-electron chi connectivity index (χ1n) is 20.6. The zero-order valence-electron chi connectivity index (χ0n) is 33.0. The number of fused-ring (bicyclic) bond motifs is 10. The monoisotopic (exact) mass is 799 g/mol. The predicted molar refractivity (Wildman–Crippen MR) is 251 cm³/mol. The molecular weight excluding hydrogens is 767 g/mol. The van der Waals surface area contributed by atoms with Gasteiger partial charge in [-0.05, 0) is 103 Å². The minimum Gasteiger partial charge on any atom is -0.456 e. The fourth-order valence-electron chi connectivity index (χ4n) is 9.01. The Balaban J connectivity index is 1.07. The van der Waals surface area contributed by atoms with Crippen LogP contribution in [0.15, 0.2) is 218 Å². The lowest BCUT2D eigenvalue weighted by molar-refractivity contribution is 0.619. The fraction of sp³-hybridized carbons (Fsp3) is 0. The van der Waals surface area contributed by atoms with Crippen molar-refractivity contribution in [1.29, 1.82) is 0 Å². The van der Waals surface area contributed by atoms with Gasteiger partial charge in [0.25, 0.3) is 0 Å². The second kappa shape index (κ2) is 13.5. The van der Waals surface area contributed by atoms with Crippen molar-refractivity contribution in [3.8, 4) is 11.5 Å². The summed E-state index contributed by atoms with van der Waals surface area (Å²) in [4.78, 5) is 9.77. The van der Waals surface area contributed by atoms with Gasteiger partial charge in [0.1, 0.15) is 39.0 Å². The number of hydrogen-bond donors (Lipinski definition) is 0. The Hall–Kier alpha value is -8.55. The van der Waals surface area contributed by atoms with Crippen LogP contribution >= 0.6 is 0 Å². The molecule has 0 spiro atoms. The first-order valence-corrected chi connectivity index (χ1v) is 20.6. The van der Waals surface area contributed by atoms with Crippen molar-refractivity contribution >= 4 is 111 Å². The number of aromatic nitrogens is 1. The molecule has 0 fully saturated rings. The molecule has 0 saturated heterocycles. The molecule has 292 valence electrons. The van der Waals surface area contributed by atoms with Crippen molar-refractivity contribution in [1.82, 2.24) is 4.98 Å². The molecular formula is C55H33N3O4. The van der Waals surface area contributed by atoms with E-state index in [1.54, 1.807) is 0 Å². The summed E-state index contributed by atoms with van der Waals surface area (Å²) in [6, 6.07) is 68.5. The van der Waals surface area contributed by atoms with Crippen LogP contribution in [0.4, 0.5) is 34.1 Å². The van der Waals surface area contributed by atoms with Crippen LogP contribution in [-0.4, -0.2) is 4.98 Å². The Morgan fingerprint density at radius 2 is 0.806 bits per heavy atom. The van der Waals surface area contributed by atoms with Crippen LogP contribution in [-0.2, 0) is 0 Å². The SMILES string of the molecule is c1ccc(N(c2cc(N(c3ccccc3)c3ccc4c(c3)oc3ccccc34)c3oc(-c4ccc5c(c4)oc4ccccc45)nc3c2)c2ccc3oc4ccccc4c3c2)cc1. The molecule has 7 nitrogen and oxygen atoms in total. The van der Waals surface area contributed by atoms with E-state index in [2.05, 4.69) is 137 Å². The second-order valence-corrected chi connectivity index (χ2v) is 15.5. The second-order valence-electron chi connectivity index (χ2n) is 15.5. The Bertz CT molecular complexity index is 3840. The number of furan rings is 3. The van der Waals surface area contributed by atoms with E-state index >= 15 is 0 Å². The lowest BCUT2D eigenvalue weighted by Gasteiger charge is -2.29. The van der Waals surface area contributed by atoms with E-state index in [-0.39, 0.29) is 0 Å². The topological polar surface area (TPSA) is 71.9 Å². The van der Waals surface area contributed by atoms with E-state index in [0.717, 1.165) is 106 Å². The van der Waals surface area contributed by atoms with Gasteiger partial charge in [-0.25, -0.2) is 4.98 Å². The molecule has 0 aliphatic rings. The smallest absolute Gasteiger partial charge is 0.227 e. The summed E-state index contributed by atoms with van der Waals surface area (Å²) in [6.07, 6.45) is 0. The molecule has 13 aromatic rings. The van der Waals surface area contributed by atoms with Crippen LogP contribution in [0.25, 0.3) is 88.4 Å². The highest BCUT2D eigenvalue weighted by Crippen LogP contribution is 2.47. The maximum Gasteiger partial charge on any atom is 0.227 e. The summed E-state index contributed by atoms with van der Waals surface area (Å²) < 4.78 is 26.0. The van der Waals surface area contributed by atoms with Crippen molar-refractivity contribution in [2.45, 2.75) is 0 Å². The number of rotatable bonds is 7. The lowest BCUT2D eigenvalue weighted by atomic mass is 10.1. The van der Waals surface area contributed by atoms with Crippen molar-refractivity contribution in [2.75, 3.05) is 9.80 Å². The molecule has 0 bridgehead atoms. The quantitative estimate of drug-likeness (QED) is 0.159. The molecule has 4 aromatic heterocycles. The van der Waals surface area contributed by atoms with Crippen LogP contribution < -0.4 is 9.80 Å². The lowest BCUT2D eigenvalue weighted by Crippen LogP contribution is -2.13. The molecule has 62 heavy (non-hydrogen) atoms. The third kappa shape index (κ3) is 5.42. The molecule has 9 aromatic carbocycles. The van der Waals surface area contributed by atoms with E-state index in [4.69, 9.17) is 22.7 Å². The van der Waals surface area contributed by atoms with Crippen LogP contribution in [0, 0.1) is 0 Å². The van der Waals surface area contributed by atoms with Crippen LogP contribution in [0.3, 0.4) is 0 Å². The normalized spacial score (nSPS) is 11.9. The average molecular weight is 800 g/mol. The predicted octanol–water partition coefficient (Wildman–Crippen LogP) is 16.1. The number of oxazole rings is 1. The zero-order chi connectivity index (χ0) is 40.7. The average Bonchev–Trinajstić information content (AvgIpc) is 4.11. The molecule has 0 N–H and O–H groups in total. The molecule has 0 amide bonds. The highest BCUT2D eigenvalue weighted by atomic mass is 16.4. The number of benzene rings is 9. The number of hydrogen-bond acceptors (Lipinski definition) is 7. The first-order chi connectivity index (χ1) is 30.7. The zero-order valence-corrected chi connectivity index (χ0v) is 33.0. The Morgan fingerprint density at radius 3 is 1.48 bits per heavy atom. The van der Waals surface area contributed by atoms with Crippen molar-refractivity contribution < 1.29 is 17.7 Å². The van der Waals surface area contributed by atoms with E-state index in [1.165, 1.54) is 0 Å². The van der Waals surface area contributed by atoms with E-state index in [0.29, 0.717) is 17.0 Å². The van der Waals surface area contributed by atoms with Gasteiger partial charge in [-0.3, -0.25) is 0 Å². The Morgan fingerprint density at radius 1 is 0.306 bits per heavy atom. The van der Waals surface area contributed by atoms with Crippen molar-refractivity contribution in [3.63, 3.8) is 0 Å². The van der Waals surface area contributed by atoms with Crippen molar-refractivity contribution in [2.24, 2.45) is 0 Å². The highest BCUT2D eigenvalue weighted by Gasteiger charge is 2.25. The van der Waals surface area contributed by atoms with Gasteiger partial charge >= 0.3 is 0 Å². The molecule has 4 heterocycles. The maximum atomic E-state index is 6.96. The summed E-state index contributed by atoms with van der Waals surface area (Å²) in [5.74, 6) is 0.485. The van der Waals surface area contributed by atoms with Gasteiger partial charge in [0.05, 0.1) is 17.1 Å². The summed E-state index contributed by atoms with van der Waals surface area (Å²) in [5, 5.41) is 6.34. The van der Waals surface area contributed by atoms with E-state index < -0.39 is 0 Å². The standard InChI is InChI=1S/C55H33N3O4/c1-3-13-35(14-4-1)57(37-25-28-51-45(30-37)42-19-9-12-22-50(42)59-51)39-31-46-54(62-55(56-46)34-23-26-43-40-17-7-10-20-48(40)60-52(43)29-34)47(32-39)58(36-15-5-2-6-16-36)38-24-27-44-41-18-8-11-21-49(41)61-53(44)33-38/h1-33H. The van der Waals surface area contributed by atoms with Gasteiger partial charge in [0.2, 0.25) is 5.89 Å². The molecule has 0 saturated carbocycles. The number of para-hydroxylation sites is 5. The largest absolute Gasteiger partial charge is 0.456 e. The van der Waals surface area contributed by atoms with Gasteiger partial charge in [-0.15, -0.1) is 0 Å². The number of anilines is 6. The molecule has 0 aliphatic heterocycles. The minimum atomic E-state index is 0.485. The maximum absolute atomic E-state index is 6.96. The van der Waals surface area contributed by atoms with E-state index in [1.807, 2.05) is 72.8 Å². The first kappa shape index (κ1) is 34.3. The summed E-state index contributed by atoms with van der Waals surface area (Å²) in [6.45, 7) is 0.